The van der Waals surface area contributed by atoms with Gasteiger partial charge in [-0.15, -0.1) is 0 Å². The molecule has 5 nitrogen and oxygen atoms in total. The molecule has 5 heteroatoms. The van der Waals surface area contributed by atoms with Crippen LogP contribution in [-0.4, -0.2) is 16.2 Å². The van der Waals surface area contributed by atoms with Crippen molar-refractivity contribution in [1.29, 1.82) is 10.8 Å². The summed E-state index contributed by atoms with van der Waals surface area (Å²) in [6.45, 7) is 0. The second-order valence-electron chi connectivity index (χ2n) is 4.80. The molecule has 1 heterocycles. The molecule has 0 fully saturated rings. The van der Waals surface area contributed by atoms with E-state index in [-0.39, 0.29) is 11.7 Å². The van der Waals surface area contributed by atoms with Crippen LogP contribution in [0.15, 0.2) is 54.7 Å². The maximum atomic E-state index is 7.78. The number of hydrogen-bond donors (Lipinski definition) is 4. The lowest BCUT2D eigenvalue weighted by Gasteiger charge is -2.12. The first-order chi connectivity index (χ1) is 10.1. The van der Waals surface area contributed by atoms with Crippen molar-refractivity contribution in [3.8, 4) is 5.69 Å². The molecule has 0 aliphatic heterocycles. The average molecular weight is 277 g/mol. The van der Waals surface area contributed by atoms with Gasteiger partial charge in [-0.05, 0) is 35.7 Å². The molecule has 1 aromatic heterocycles. The van der Waals surface area contributed by atoms with Gasteiger partial charge in [0.1, 0.15) is 11.7 Å². The lowest BCUT2D eigenvalue weighted by atomic mass is 10.1. The normalized spacial score (nSPS) is 10.7. The molecule has 104 valence electrons. The number of nitrogens with two attached hydrogens (primary N) is 2. The molecule has 2 aromatic carbocycles. The van der Waals surface area contributed by atoms with E-state index in [0.29, 0.717) is 11.1 Å². The minimum Gasteiger partial charge on any atom is -0.384 e. The molecule has 0 radical (unpaired) electrons. The topological polar surface area (TPSA) is 105 Å². The van der Waals surface area contributed by atoms with E-state index in [2.05, 4.69) is 0 Å². The fourth-order valence-corrected chi connectivity index (χ4v) is 2.42. The monoisotopic (exact) mass is 277 g/mol. The average Bonchev–Trinajstić information content (AvgIpc) is 2.90. The van der Waals surface area contributed by atoms with Crippen LogP contribution in [0.3, 0.4) is 0 Å². The summed E-state index contributed by atoms with van der Waals surface area (Å²) in [6, 6.07) is 15.3. The summed E-state index contributed by atoms with van der Waals surface area (Å²) in [5, 5.41) is 16.4. The third-order valence-corrected chi connectivity index (χ3v) is 3.46. The molecular weight excluding hydrogens is 262 g/mol. The SMILES string of the molecule is N=C(N)c1ccc(-n2ccc3ccccc32)c(C(=N)N)c1. The van der Waals surface area contributed by atoms with Gasteiger partial charge in [0.2, 0.25) is 0 Å². The first-order valence-electron chi connectivity index (χ1n) is 6.47. The Morgan fingerprint density at radius 3 is 2.38 bits per heavy atom. The van der Waals surface area contributed by atoms with Crippen LogP contribution in [0.2, 0.25) is 0 Å². The Morgan fingerprint density at radius 1 is 0.905 bits per heavy atom. The van der Waals surface area contributed by atoms with E-state index in [1.807, 2.05) is 47.2 Å². The summed E-state index contributed by atoms with van der Waals surface area (Å²) in [6.07, 6.45) is 1.94. The Balaban J connectivity index is 2.27. The van der Waals surface area contributed by atoms with E-state index in [4.69, 9.17) is 22.3 Å². The molecule has 0 spiro atoms. The van der Waals surface area contributed by atoms with Crippen LogP contribution in [0.1, 0.15) is 11.1 Å². The van der Waals surface area contributed by atoms with Crippen LogP contribution in [0.5, 0.6) is 0 Å². The minimum absolute atomic E-state index is 0.0404. The maximum absolute atomic E-state index is 7.78. The van der Waals surface area contributed by atoms with Crippen molar-refractivity contribution in [2.24, 2.45) is 11.5 Å². The smallest absolute Gasteiger partial charge is 0.124 e. The molecular formula is C16H15N5. The summed E-state index contributed by atoms with van der Waals surface area (Å²) in [5.74, 6) is -0.0905. The van der Waals surface area contributed by atoms with Crippen molar-refractivity contribution in [2.75, 3.05) is 0 Å². The number of benzene rings is 2. The third kappa shape index (κ3) is 2.14. The maximum Gasteiger partial charge on any atom is 0.124 e. The van der Waals surface area contributed by atoms with E-state index in [0.717, 1.165) is 16.6 Å². The van der Waals surface area contributed by atoms with E-state index >= 15 is 0 Å². The minimum atomic E-state index is -0.0501. The second-order valence-corrected chi connectivity index (χ2v) is 4.80. The van der Waals surface area contributed by atoms with Crippen LogP contribution >= 0.6 is 0 Å². The van der Waals surface area contributed by atoms with Gasteiger partial charge in [-0.25, -0.2) is 0 Å². The molecule has 0 aliphatic carbocycles. The van der Waals surface area contributed by atoms with Crippen molar-refractivity contribution >= 4 is 22.6 Å². The van der Waals surface area contributed by atoms with Crippen LogP contribution in [0.25, 0.3) is 16.6 Å². The second kappa shape index (κ2) is 4.79. The standard InChI is InChI=1S/C16H15N5/c17-15(18)11-5-6-14(12(9-11)16(19)20)21-8-7-10-3-1-2-4-13(10)21/h1-9H,(H3,17,18)(H3,19,20). The van der Waals surface area contributed by atoms with Gasteiger partial charge in [-0.1, -0.05) is 18.2 Å². The summed E-state index contributed by atoms with van der Waals surface area (Å²) >= 11 is 0. The van der Waals surface area contributed by atoms with Gasteiger partial charge >= 0.3 is 0 Å². The third-order valence-electron chi connectivity index (χ3n) is 3.46. The van der Waals surface area contributed by atoms with Crippen LogP contribution < -0.4 is 11.5 Å². The van der Waals surface area contributed by atoms with Gasteiger partial charge in [-0.2, -0.15) is 0 Å². The van der Waals surface area contributed by atoms with E-state index in [9.17, 15) is 0 Å². The van der Waals surface area contributed by atoms with Gasteiger partial charge in [-0.3, -0.25) is 10.8 Å². The fraction of sp³-hybridized carbons (Fsp3) is 0. The zero-order valence-electron chi connectivity index (χ0n) is 11.3. The Morgan fingerprint density at radius 2 is 1.67 bits per heavy atom. The number of nitrogens with one attached hydrogen (secondary N) is 2. The number of nitrogen functional groups attached to an aromatic ring is 2. The van der Waals surface area contributed by atoms with E-state index < -0.39 is 0 Å². The highest BCUT2D eigenvalue weighted by Crippen LogP contribution is 2.23. The van der Waals surface area contributed by atoms with Gasteiger partial charge < -0.3 is 16.0 Å². The van der Waals surface area contributed by atoms with Crippen molar-refractivity contribution in [3.05, 3.63) is 65.9 Å². The van der Waals surface area contributed by atoms with Crippen molar-refractivity contribution < 1.29 is 0 Å². The molecule has 3 rings (SSSR count). The predicted octanol–water partition coefficient (Wildman–Crippen LogP) is 2.20. The van der Waals surface area contributed by atoms with Gasteiger partial charge in [0.15, 0.2) is 0 Å². The quantitative estimate of drug-likeness (QED) is 0.435. The molecule has 0 saturated carbocycles. The molecule has 3 aromatic rings. The lowest BCUT2D eigenvalue weighted by Crippen LogP contribution is -2.18. The Hall–Kier alpha value is -3.08. The van der Waals surface area contributed by atoms with Crippen molar-refractivity contribution in [2.45, 2.75) is 0 Å². The zero-order chi connectivity index (χ0) is 15.0. The van der Waals surface area contributed by atoms with Crippen molar-refractivity contribution in [3.63, 3.8) is 0 Å². The largest absolute Gasteiger partial charge is 0.384 e. The summed E-state index contributed by atoms with van der Waals surface area (Å²) in [4.78, 5) is 0. The number of hydrogen-bond acceptors (Lipinski definition) is 2. The van der Waals surface area contributed by atoms with Gasteiger partial charge in [0.25, 0.3) is 0 Å². The number of aromatic nitrogens is 1. The molecule has 0 unspecified atom stereocenters. The first-order valence-corrected chi connectivity index (χ1v) is 6.47. The zero-order valence-corrected chi connectivity index (χ0v) is 11.3. The Kier molecular flexibility index (Phi) is 2.95. The van der Waals surface area contributed by atoms with E-state index in [1.165, 1.54) is 0 Å². The molecule has 21 heavy (non-hydrogen) atoms. The molecule has 0 aliphatic rings. The Bertz CT molecular complexity index is 860. The highest BCUT2D eigenvalue weighted by Gasteiger charge is 2.11. The van der Waals surface area contributed by atoms with Crippen LogP contribution in [0, 0.1) is 10.8 Å². The van der Waals surface area contributed by atoms with Crippen LogP contribution in [0.4, 0.5) is 0 Å². The number of fused-ring (bicyclic) bond motifs is 1. The lowest BCUT2D eigenvalue weighted by molar-refractivity contribution is 1.12. The predicted molar refractivity (Wildman–Crippen MR) is 85.3 cm³/mol. The molecule has 0 bridgehead atoms. The summed E-state index contributed by atoms with van der Waals surface area (Å²) in [7, 11) is 0. The number of para-hydroxylation sites is 1. The fourth-order valence-electron chi connectivity index (χ4n) is 2.42. The molecule has 0 saturated heterocycles. The highest BCUT2D eigenvalue weighted by atomic mass is 15.0. The van der Waals surface area contributed by atoms with Gasteiger partial charge in [0.05, 0.1) is 11.2 Å². The molecule has 0 amide bonds. The summed E-state index contributed by atoms with van der Waals surface area (Å²) in [5.41, 5.74) is 14.2. The molecule has 0 atom stereocenters. The molecule has 6 N–H and O–H groups in total. The Labute approximate surface area is 121 Å². The summed E-state index contributed by atoms with van der Waals surface area (Å²) < 4.78 is 1.98. The first kappa shape index (κ1) is 12.9. The van der Waals surface area contributed by atoms with Crippen LogP contribution in [-0.2, 0) is 0 Å². The number of amidine groups is 2. The highest BCUT2D eigenvalue weighted by molar-refractivity contribution is 6.03. The van der Waals surface area contributed by atoms with Gasteiger partial charge in [0, 0.05) is 17.3 Å². The van der Waals surface area contributed by atoms with Crippen molar-refractivity contribution in [1.82, 2.24) is 4.57 Å². The van der Waals surface area contributed by atoms with E-state index in [1.54, 1.807) is 12.1 Å². The number of nitrogens with zero attached hydrogens (tertiary/aromatic N) is 1. The number of rotatable bonds is 3.